The van der Waals surface area contributed by atoms with Gasteiger partial charge >= 0.3 is 0 Å². The highest BCUT2D eigenvalue weighted by molar-refractivity contribution is 6.33. The van der Waals surface area contributed by atoms with Crippen LogP contribution in [0.2, 0.25) is 5.15 Å². The molecule has 2 aromatic heterocycles. The summed E-state index contributed by atoms with van der Waals surface area (Å²) in [7, 11) is 0. The van der Waals surface area contributed by atoms with Crippen LogP contribution in [0.3, 0.4) is 0 Å². The van der Waals surface area contributed by atoms with E-state index in [4.69, 9.17) is 16.3 Å². The number of fused-ring (bicyclic) bond motifs is 1. The monoisotopic (exact) mass is 238 g/mol. The minimum atomic E-state index is -0.889. The molecule has 82 valence electrons. The molecule has 1 fully saturated rings. The Morgan fingerprint density at radius 3 is 2.94 bits per heavy atom. The van der Waals surface area contributed by atoms with Gasteiger partial charge in [-0.3, -0.25) is 4.57 Å². The number of nitrogens with zero attached hydrogens (tertiary/aromatic N) is 4. The highest BCUT2D eigenvalue weighted by Gasteiger charge is 2.27. The van der Waals surface area contributed by atoms with Crippen molar-refractivity contribution in [3.05, 3.63) is 30.6 Å². The van der Waals surface area contributed by atoms with Crippen LogP contribution in [-0.4, -0.2) is 30.9 Å². The molecule has 2 aromatic rings. The number of aromatic nitrogens is 4. The Labute approximate surface area is 95.9 Å². The molecule has 1 saturated heterocycles. The highest BCUT2D eigenvalue weighted by Crippen LogP contribution is 2.28. The fourth-order valence-electron chi connectivity index (χ4n) is 1.59. The van der Waals surface area contributed by atoms with Gasteiger partial charge in [0.2, 0.25) is 0 Å². The number of imidazole rings is 1. The molecule has 0 aromatic carbocycles. The van der Waals surface area contributed by atoms with E-state index in [1.807, 2.05) is 0 Å². The number of aliphatic hydroxyl groups is 1. The second kappa shape index (κ2) is 3.65. The van der Waals surface area contributed by atoms with E-state index < -0.39 is 12.5 Å². The third-order valence-electron chi connectivity index (χ3n) is 2.31. The molecule has 0 saturated carbocycles. The third kappa shape index (κ3) is 1.46. The summed E-state index contributed by atoms with van der Waals surface area (Å²) in [5.74, 6) is 0. The van der Waals surface area contributed by atoms with Crippen molar-refractivity contribution < 1.29 is 9.84 Å². The van der Waals surface area contributed by atoms with Gasteiger partial charge in [-0.1, -0.05) is 11.6 Å². The number of hydrogen-bond donors (Lipinski definition) is 1. The van der Waals surface area contributed by atoms with E-state index in [-0.39, 0.29) is 0 Å². The molecule has 7 heteroatoms. The Bertz CT molecular complexity index is 529. The van der Waals surface area contributed by atoms with Gasteiger partial charge < -0.3 is 9.84 Å². The largest absolute Gasteiger partial charge is 0.368 e. The average molecular weight is 239 g/mol. The number of aliphatic hydroxyl groups excluding tert-OH is 1. The molecule has 1 N–H and O–H groups in total. The number of rotatable bonds is 1. The molecule has 0 unspecified atom stereocenters. The third-order valence-corrected chi connectivity index (χ3v) is 2.58. The zero-order chi connectivity index (χ0) is 11.1. The lowest BCUT2D eigenvalue weighted by atomic mass is 10.3. The zero-order valence-electron chi connectivity index (χ0n) is 7.99. The van der Waals surface area contributed by atoms with Crippen LogP contribution in [0.25, 0.3) is 11.2 Å². The highest BCUT2D eigenvalue weighted by atomic mass is 35.5. The molecule has 0 amide bonds. The van der Waals surface area contributed by atoms with Crippen LogP contribution in [0.15, 0.2) is 12.7 Å². The molecule has 0 spiro atoms. The van der Waals surface area contributed by atoms with Gasteiger partial charge in [-0.2, -0.15) is 0 Å². The van der Waals surface area contributed by atoms with Crippen molar-refractivity contribution >= 4 is 22.8 Å². The van der Waals surface area contributed by atoms with E-state index in [1.54, 1.807) is 23.7 Å². The quantitative estimate of drug-likeness (QED) is 0.742. The van der Waals surface area contributed by atoms with Crippen LogP contribution < -0.4 is 0 Å². The second-order valence-electron chi connectivity index (χ2n) is 3.29. The molecule has 16 heavy (non-hydrogen) atoms. The van der Waals surface area contributed by atoms with Crippen molar-refractivity contribution in [1.82, 2.24) is 19.5 Å². The Kier molecular flexibility index (Phi) is 2.27. The summed E-state index contributed by atoms with van der Waals surface area (Å²) in [6.07, 6.45) is 4.89. The van der Waals surface area contributed by atoms with E-state index in [2.05, 4.69) is 15.0 Å². The predicted octanol–water partition coefficient (Wildman–Crippen LogP) is 0.735. The van der Waals surface area contributed by atoms with Crippen molar-refractivity contribution in [3.8, 4) is 0 Å². The first kappa shape index (κ1) is 9.95. The summed E-state index contributed by atoms with van der Waals surface area (Å²) in [6.45, 7) is 0. The minimum absolute atomic E-state index is 0.297. The maximum atomic E-state index is 9.22. The van der Waals surface area contributed by atoms with Crippen molar-refractivity contribution in [2.45, 2.75) is 12.5 Å². The summed E-state index contributed by atoms with van der Waals surface area (Å²) in [5.41, 5.74) is 1.09. The van der Waals surface area contributed by atoms with E-state index in [0.29, 0.717) is 16.3 Å². The predicted molar refractivity (Wildman–Crippen MR) is 55.1 cm³/mol. The van der Waals surface area contributed by atoms with E-state index >= 15 is 0 Å². The Balaban J connectivity index is 2.08. The molecule has 2 atom stereocenters. The molecule has 2 radical (unpaired) electrons. The van der Waals surface area contributed by atoms with Crippen LogP contribution in [0.4, 0.5) is 0 Å². The van der Waals surface area contributed by atoms with Crippen LogP contribution in [0.5, 0.6) is 0 Å². The standard InChI is InChI=1S/C9H7ClN4O2/c10-8-7-9(12-3-11-8)14(4-13-7)5-1-2-6(15)16-5/h1-6,15H/t5-,6-/m1/s1. The molecule has 1 aliphatic rings. The van der Waals surface area contributed by atoms with Gasteiger partial charge in [0.05, 0.1) is 6.33 Å². The molecule has 3 rings (SSSR count). The minimum Gasteiger partial charge on any atom is -0.368 e. The summed E-state index contributed by atoms with van der Waals surface area (Å²) >= 11 is 5.87. The van der Waals surface area contributed by atoms with Crippen molar-refractivity contribution in [3.63, 3.8) is 0 Å². The van der Waals surface area contributed by atoms with E-state index in [9.17, 15) is 5.11 Å². The van der Waals surface area contributed by atoms with Crippen LogP contribution in [0.1, 0.15) is 6.23 Å². The van der Waals surface area contributed by atoms with Gasteiger partial charge in [0, 0.05) is 12.8 Å². The average Bonchev–Trinajstić information content (AvgIpc) is 2.84. The lowest BCUT2D eigenvalue weighted by Gasteiger charge is -2.11. The maximum absolute atomic E-state index is 9.22. The first-order valence-corrected chi connectivity index (χ1v) is 4.98. The van der Waals surface area contributed by atoms with Crippen LogP contribution in [0, 0.1) is 12.8 Å². The SMILES string of the molecule is O[C@H]1[CH][CH][C@H](n2cnc3c(Cl)ncnc32)O1. The van der Waals surface area contributed by atoms with Crippen LogP contribution in [-0.2, 0) is 4.74 Å². The molecule has 3 heterocycles. The maximum Gasteiger partial charge on any atom is 0.166 e. The molecular formula is C9H7ClN4O2. The lowest BCUT2D eigenvalue weighted by Crippen LogP contribution is -2.10. The smallest absolute Gasteiger partial charge is 0.166 e. The van der Waals surface area contributed by atoms with Gasteiger partial charge in [0.15, 0.2) is 17.1 Å². The fraction of sp³-hybridized carbons (Fsp3) is 0.222. The van der Waals surface area contributed by atoms with Crippen molar-refractivity contribution in [2.75, 3.05) is 0 Å². The summed E-state index contributed by atoms with van der Waals surface area (Å²) in [4.78, 5) is 12.0. The van der Waals surface area contributed by atoms with E-state index in [1.165, 1.54) is 6.33 Å². The normalized spacial score (nSPS) is 25.4. The fourth-order valence-corrected chi connectivity index (χ4v) is 1.77. The number of ether oxygens (including phenoxy) is 1. The van der Waals surface area contributed by atoms with Gasteiger partial charge in [0.1, 0.15) is 18.1 Å². The number of halogens is 1. The molecule has 6 nitrogen and oxygen atoms in total. The van der Waals surface area contributed by atoms with E-state index in [0.717, 1.165) is 0 Å². The van der Waals surface area contributed by atoms with Gasteiger partial charge in [-0.15, -0.1) is 0 Å². The van der Waals surface area contributed by atoms with Crippen molar-refractivity contribution in [1.29, 1.82) is 0 Å². The molecule has 1 aliphatic heterocycles. The summed E-state index contributed by atoms with van der Waals surface area (Å²) in [6, 6.07) is 0. The molecule has 0 aliphatic carbocycles. The second-order valence-corrected chi connectivity index (χ2v) is 3.65. The summed E-state index contributed by atoms with van der Waals surface area (Å²) < 4.78 is 6.89. The number of hydrogen-bond acceptors (Lipinski definition) is 5. The summed E-state index contributed by atoms with van der Waals surface area (Å²) in [5, 5.41) is 9.52. The van der Waals surface area contributed by atoms with Gasteiger partial charge in [-0.05, 0) is 0 Å². The molecule has 0 bridgehead atoms. The Hall–Kier alpha value is -1.24. The van der Waals surface area contributed by atoms with Gasteiger partial charge in [-0.25, -0.2) is 15.0 Å². The Morgan fingerprint density at radius 2 is 2.19 bits per heavy atom. The lowest BCUT2D eigenvalue weighted by molar-refractivity contribution is -0.0960. The first-order valence-electron chi connectivity index (χ1n) is 4.60. The molecular weight excluding hydrogens is 232 g/mol. The van der Waals surface area contributed by atoms with Crippen LogP contribution >= 0.6 is 11.6 Å². The topological polar surface area (TPSA) is 73.1 Å². The first-order chi connectivity index (χ1) is 7.75. The Morgan fingerprint density at radius 1 is 1.31 bits per heavy atom. The van der Waals surface area contributed by atoms with Crippen molar-refractivity contribution in [2.24, 2.45) is 0 Å². The zero-order valence-corrected chi connectivity index (χ0v) is 8.74. The van der Waals surface area contributed by atoms with Gasteiger partial charge in [0.25, 0.3) is 0 Å².